The molecule has 0 saturated carbocycles. The van der Waals surface area contributed by atoms with Gasteiger partial charge in [-0.05, 0) is 60.5 Å². The van der Waals surface area contributed by atoms with Crippen molar-refractivity contribution in [1.82, 2.24) is 5.32 Å². The summed E-state index contributed by atoms with van der Waals surface area (Å²) in [6.07, 6.45) is 1.06. The zero-order valence-electron chi connectivity index (χ0n) is 10.00. The third-order valence-corrected chi connectivity index (χ3v) is 4.32. The van der Waals surface area contributed by atoms with E-state index in [1.807, 2.05) is 19.1 Å². The van der Waals surface area contributed by atoms with Crippen LogP contribution in [0.25, 0.3) is 0 Å². The van der Waals surface area contributed by atoms with E-state index in [0.29, 0.717) is 0 Å². The predicted octanol–water partition coefficient (Wildman–Crippen LogP) is 4.31. The largest absolute Gasteiger partial charge is 0.465 e. The van der Waals surface area contributed by atoms with Gasteiger partial charge in [0.2, 0.25) is 0 Å². The van der Waals surface area contributed by atoms with E-state index in [9.17, 15) is 0 Å². The van der Waals surface area contributed by atoms with Crippen molar-refractivity contribution in [3.8, 4) is 0 Å². The molecule has 0 aliphatic carbocycles. The Morgan fingerprint density at radius 2 is 2.18 bits per heavy atom. The lowest BCUT2D eigenvalue weighted by atomic mass is 10.2. The van der Waals surface area contributed by atoms with Crippen molar-refractivity contribution in [3.05, 3.63) is 44.4 Å². The molecular weight excluding hydrogens is 298 g/mol. The zero-order chi connectivity index (χ0) is 12.3. The molecule has 2 nitrogen and oxygen atoms in total. The van der Waals surface area contributed by atoms with Crippen molar-refractivity contribution in [1.29, 1.82) is 0 Å². The van der Waals surface area contributed by atoms with E-state index < -0.39 is 0 Å². The first-order valence-corrected chi connectivity index (χ1v) is 7.30. The molecule has 0 saturated heterocycles. The van der Waals surface area contributed by atoms with Crippen molar-refractivity contribution < 1.29 is 4.42 Å². The number of rotatable bonds is 5. The Morgan fingerprint density at radius 1 is 1.35 bits per heavy atom. The van der Waals surface area contributed by atoms with Gasteiger partial charge in [0.1, 0.15) is 11.5 Å². The molecule has 1 N–H and O–H groups in total. The third-order valence-electron chi connectivity index (χ3n) is 2.64. The first kappa shape index (κ1) is 12.9. The van der Waals surface area contributed by atoms with Crippen molar-refractivity contribution >= 4 is 27.3 Å². The van der Waals surface area contributed by atoms with E-state index in [4.69, 9.17) is 4.42 Å². The van der Waals surface area contributed by atoms with Crippen molar-refractivity contribution in [2.75, 3.05) is 6.54 Å². The molecule has 0 aliphatic heterocycles. The van der Waals surface area contributed by atoms with E-state index in [1.165, 1.54) is 8.66 Å². The highest BCUT2D eigenvalue weighted by Gasteiger charge is 2.08. The van der Waals surface area contributed by atoms with Crippen LogP contribution in [0.5, 0.6) is 0 Å². The van der Waals surface area contributed by atoms with Crippen molar-refractivity contribution in [3.63, 3.8) is 0 Å². The second-order valence-electron chi connectivity index (χ2n) is 4.08. The molecule has 0 fully saturated rings. The summed E-state index contributed by atoms with van der Waals surface area (Å²) < 4.78 is 6.78. The maximum Gasteiger partial charge on any atom is 0.120 e. The summed E-state index contributed by atoms with van der Waals surface area (Å²) in [6, 6.07) is 8.57. The summed E-state index contributed by atoms with van der Waals surface area (Å²) >= 11 is 5.27. The van der Waals surface area contributed by atoms with Gasteiger partial charge in [-0.3, -0.25) is 0 Å². The second kappa shape index (κ2) is 5.85. The van der Waals surface area contributed by atoms with Crippen LogP contribution in [0.4, 0.5) is 0 Å². The Labute approximate surface area is 114 Å². The lowest BCUT2D eigenvalue weighted by Gasteiger charge is -2.10. The normalized spacial score (nSPS) is 12.9. The first-order chi connectivity index (χ1) is 8.15. The standard InChI is InChI=1S/C13H16BrNOS/c1-9-3-5-12(16-9)10(2)15-8-7-11-4-6-13(14)17-11/h3-6,10,15H,7-8H2,1-2H3. The molecule has 17 heavy (non-hydrogen) atoms. The molecule has 92 valence electrons. The monoisotopic (exact) mass is 313 g/mol. The number of hydrogen-bond donors (Lipinski definition) is 1. The van der Waals surface area contributed by atoms with Gasteiger partial charge < -0.3 is 9.73 Å². The summed E-state index contributed by atoms with van der Waals surface area (Å²) in [5, 5.41) is 3.47. The topological polar surface area (TPSA) is 25.2 Å². The zero-order valence-corrected chi connectivity index (χ0v) is 12.4. The average Bonchev–Trinajstić information content (AvgIpc) is 2.88. The molecule has 4 heteroatoms. The summed E-state index contributed by atoms with van der Waals surface area (Å²) in [6.45, 7) is 5.07. The molecule has 1 atom stereocenters. The van der Waals surface area contributed by atoms with E-state index in [1.54, 1.807) is 11.3 Å². The Bertz CT molecular complexity index is 477. The Balaban J connectivity index is 1.78. The van der Waals surface area contributed by atoms with Crippen LogP contribution >= 0.6 is 27.3 Å². The van der Waals surface area contributed by atoms with Crippen LogP contribution in [0.15, 0.2) is 32.5 Å². The van der Waals surface area contributed by atoms with E-state index in [-0.39, 0.29) is 6.04 Å². The van der Waals surface area contributed by atoms with Gasteiger partial charge in [-0.1, -0.05) is 0 Å². The fourth-order valence-corrected chi connectivity index (χ4v) is 3.17. The van der Waals surface area contributed by atoms with Crippen molar-refractivity contribution in [2.45, 2.75) is 26.3 Å². The fourth-order valence-electron chi connectivity index (χ4n) is 1.68. The highest BCUT2D eigenvalue weighted by molar-refractivity contribution is 9.11. The second-order valence-corrected chi connectivity index (χ2v) is 6.63. The summed E-state index contributed by atoms with van der Waals surface area (Å²) in [7, 11) is 0. The third kappa shape index (κ3) is 3.69. The fraction of sp³-hybridized carbons (Fsp3) is 0.385. The molecule has 0 aliphatic rings. The number of halogens is 1. The van der Waals surface area contributed by atoms with E-state index >= 15 is 0 Å². The van der Waals surface area contributed by atoms with Crippen LogP contribution in [-0.2, 0) is 6.42 Å². The summed E-state index contributed by atoms with van der Waals surface area (Å²) in [5.74, 6) is 1.98. The smallest absolute Gasteiger partial charge is 0.120 e. The number of thiophene rings is 1. The molecule has 2 aromatic heterocycles. The molecule has 0 bridgehead atoms. The lowest BCUT2D eigenvalue weighted by Crippen LogP contribution is -2.20. The van der Waals surface area contributed by atoms with Crippen LogP contribution in [0.1, 0.15) is 29.4 Å². The van der Waals surface area contributed by atoms with Crippen molar-refractivity contribution in [2.24, 2.45) is 0 Å². The van der Waals surface area contributed by atoms with Crippen LogP contribution in [0.2, 0.25) is 0 Å². The average molecular weight is 314 g/mol. The SMILES string of the molecule is Cc1ccc(C(C)NCCc2ccc(Br)s2)o1. The summed E-state index contributed by atoms with van der Waals surface area (Å²) in [5.41, 5.74) is 0. The summed E-state index contributed by atoms with van der Waals surface area (Å²) in [4.78, 5) is 1.40. The molecular formula is C13H16BrNOS. The van der Waals surface area contributed by atoms with Gasteiger partial charge in [0, 0.05) is 11.4 Å². The number of hydrogen-bond acceptors (Lipinski definition) is 3. The van der Waals surface area contributed by atoms with Gasteiger partial charge >= 0.3 is 0 Å². The minimum Gasteiger partial charge on any atom is -0.465 e. The molecule has 2 heterocycles. The number of aryl methyl sites for hydroxylation is 1. The quantitative estimate of drug-likeness (QED) is 0.890. The number of nitrogens with one attached hydrogen (secondary N) is 1. The maximum absolute atomic E-state index is 5.58. The van der Waals surface area contributed by atoms with Gasteiger partial charge in [0.25, 0.3) is 0 Å². The van der Waals surface area contributed by atoms with Crippen LogP contribution in [-0.4, -0.2) is 6.54 Å². The Morgan fingerprint density at radius 3 is 2.76 bits per heavy atom. The van der Waals surface area contributed by atoms with Crippen LogP contribution < -0.4 is 5.32 Å². The molecule has 0 amide bonds. The predicted molar refractivity (Wildman–Crippen MR) is 75.6 cm³/mol. The van der Waals surface area contributed by atoms with Gasteiger partial charge in [-0.25, -0.2) is 0 Å². The Kier molecular flexibility index (Phi) is 4.42. The van der Waals surface area contributed by atoms with E-state index in [2.05, 4.69) is 40.3 Å². The molecule has 0 aromatic carbocycles. The van der Waals surface area contributed by atoms with Crippen LogP contribution in [0.3, 0.4) is 0 Å². The van der Waals surface area contributed by atoms with Gasteiger partial charge in [-0.2, -0.15) is 0 Å². The minimum absolute atomic E-state index is 0.270. The molecule has 2 rings (SSSR count). The minimum atomic E-state index is 0.270. The highest BCUT2D eigenvalue weighted by Crippen LogP contribution is 2.22. The van der Waals surface area contributed by atoms with Crippen LogP contribution in [0, 0.1) is 6.92 Å². The molecule has 2 aromatic rings. The lowest BCUT2D eigenvalue weighted by molar-refractivity contribution is 0.418. The first-order valence-electron chi connectivity index (χ1n) is 5.69. The van der Waals surface area contributed by atoms with Gasteiger partial charge in [0.15, 0.2) is 0 Å². The van der Waals surface area contributed by atoms with Gasteiger partial charge in [0.05, 0.1) is 9.83 Å². The highest BCUT2D eigenvalue weighted by atomic mass is 79.9. The maximum atomic E-state index is 5.58. The number of furan rings is 1. The van der Waals surface area contributed by atoms with Gasteiger partial charge in [-0.15, -0.1) is 11.3 Å². The molecule has 0 radical (unpaired) electrons. The molecule has 0 spiro atoms. The van der Waals surface area contributed by atoms with E-state index in [0.717, 1.165) is 24.5 Å². The Hall–Kier alpha value is -0.580. The molecule has 1 unspecified atom stereocenters.